The van der Waals surface area contributed by atoms with E-state index >= 15 is 0 Å². The van der Waals surface area contributed by atoms with Gasteiger partial charge in [-0.25, -0.2) is 0 Å². The lowest BCUT2D eigenvalue weighted by Crippen LogP contribution is -2.10. The van der Waals surface area contributed by atoms with Crippen molar-refractivity contribution in [2.45, 2.75) is 18.4 Å². The molecule has 0 bridgehead atoms. The Morgan fingerprint density at radius 3 is 2.42 bits per heavy atom. The van der Waals surface area contributed by atoms with Gasteiger partial charge in [-0.05, 0) is 16.7 Å². The third-order valence-electron chi connectivity index (χ3n) is 2.79. The average molecular weight is 319 g/mol. The molecule has 0 saturated carbocycles. The number of halogens is 1. The molecule has 0 aliphatic heterocycles. The Hall–Kier alpha value is -1.61. The maximum atomic E-state index is 11.3. The first kappa shape index (κ1) is 13.8. The maximum absolute atomic E-state index is 11.3. The highest BCUT2D eigenvalue weighted by atomic mass is 79.9. The molecule has 2 rings (SSSR count). The molecule has 0 heterocycles. The molecule has 1 unspecified atom stereocenters. The van der Waals surface area contributed by atoms with Crippen LogP contribution in [0.5, 0.6) is 0 Å². The lowest BCUT2D eigenvalue weighted by atomic mass is 10.00. The van der Waals surface area contributed by atoms with Crippen molar-refractivity contribution in [2.24, 2.45) is 0 Å². The molecule has 3 heteroatoms. The first-order valence-electron chi connectivity index (χ1n) is 6.07. The number of hydrogen-bond donors (Lipinski definition) is 0. The smallest absolute Gasteiger partial charge is 0.303 e. The number of carbonyl (C=O) groups excluding carboxylic acids is 1. The van der Waals surface area contributed by atoms with Crippen LogP contribution in [0.1, 0.15) is 29.7 Å². The highest BCUT2D eigenvalue weighted by Gasteiger charge is 2.17. The molecule has 2 nitrogen and oxygen atoms in total. The third-order valence-corrected chi connectivity index (χ3v) is 3.44. The van der Waals surface area contributed by atoms with Crippen LogP contribution in [-0.4, -0.2) is 5.97 Å². The minimum absolute atomic E-state index is 0.280. The molecule has 0 aliphatic carbocycles. The van der Waals surface area contributed by atoms with E-state index in [2.05, 4.69) is 22.0 Å². The Labute approximate surface area is 121 Å². The number of hydrogen-bond acceptors (Lipinski definition) is 2. The summed E-state index contributed by atoms with van der Waals surface area (Å²) in [6.07, 6.45) is -0.349. The van der Waals surface area contributed by atoms with E-state index in [1.807, 2.05) is 48.5 Å². The van der Waals surface area contributed by atoms with E-state index in [4.69, 9.17) is 4.74 Å². The molecule has 2 aromatic rings. The summed E-state index contributed by atoms with van der Waals surface area (Å²) in [5.41, 5.74) is 3.12. The van der Waals surface area contributed by atoms with Gasteiger partial charge in [-0.15, -0.1) is 0 Å². The molecule has 19 heavy (non-hydrogen) atoms. The largest absolute Gasteiger partial charge is 0.453 e. The molecule has 0 spiro atoms. The van der Waals surface area contributed by atoms with Gasteiger partial charge in [0.2, 0.25) is 0 Å². The van der Waals surface area contributed by atoms with Crippen molar-refractivity contribution in [3.63, 3.8) is 0 Å². The van der Waals surface area contributed by atoms with E-state index < -0.39 is 0 Å². The van der Waals surface area contributed by atoms with Crippen LogP contribution in [0.4, 0.5) is 0 Å². The van der Waals surface area contributed by atoms with Crippen molar-refractivity contribution in [1.29, 1.82) is 0 Å². The standard InChI is InChI=1S/C16H15BrO2/c1-12(18)19-16(14-7-3-2-4-8-14)15-9-5-6-13(10-15)11-17/h2-10,16H,11H2,1H3. The van der Waals surface area contributed by atoms with Gasteiger partial charge in [0.1, 0.15) is 0 Å². The van der Waals surface area contributed by atoms with Crippen molar-refractivity contribution in [3.05, 3.63) is 71.3 Å². The van der Waals surface area contributed by atoms with E-state index in [-0.39, 0.29) is 12.1 Å². The molecule has 0 fully saturated rings. The summed E-state index contributed by atoms with van der Waals surface area (Å²) in [6.45, 7) is 1.43. The van der Waals surface area contributed by atoms with Crippen molar-refractivity contribution in [3.8, 4) is 0 Å². The number of benzene rings is 2. The highest BCUT2D eigenvalue weighted by molar-refractivity contribution is 9.08. The van der Waals surface area contributed by atoms with E-state index in [9.17, 15) is 4.79 Å². The van der Waals surface area contributed by atoms with Crippen LogP contribution >= 0.6 is 15.9 Å². The Morgan fingerprint density at radius 2 is 1.79 bits per heavy atom. The van der Waals surface area contributed by atoms with Crippen LogP contribution in [0.15, 0.2) is 54.6 Å². The normalized spacial score (nSPS) is 11.9. The lowest BCUT2D eigenvalue weighted by Gasteiger charge is -2.18. The Balaban J connectivity index is 2.39. The van der Waals surface area contributed by atoms with E-state index in [1.165, 1.54) is 6.92 Å². The van der Waals surface area contributed by atoms with Crippen LogP contribution in [-0.2, 0) is 14.9 Å². The summed E-state index contributed by atoms with van der Waals surface area (Å²) in [7, 11) is 0. The van der Waals surface area contributed by atoms with Gasteiger partial charge in [0.25, 0.3) is 0 Å². The minimum Gasteiger partial charge on any atom is -0.453 e. The van der Waals surface area contributed by atoms with Crippen molar-refractivity contribution >= 4 is 21.9 Å². The van der Waals surface area contributed by atoms with Gasteiger partial charge in [-0.1, -0.05) is 70.5 Å². The van der Waals surface area contributed by atoms with E-state index in [0.717, 1.165) is 22.0 Å². The van der Waals surface area contributed by atoms with Crippen LogP contribution in [0, 0.1) is 0 Å². The second kappa shape index (κ2) is 6.53. The van der Waals surface area contributed by atoms with Gasteiger partial charge in [0.15, 0.2) is 6.10 Å². The predicted octanol–water partition coefficient (Wildman–Crippen LogP) is 4.23. The maximum Gasteiger partial charge on any atom is 0.303 e. The zero-order chi connectivity index (χ0) is 13.7. The Morgan fingerprint density at radius 1 is 1.11 bits per heavy atom. The van der Waals surface area contributed by atoms with Gasteiger partial charge >= 0.3 is 5.97 Å². The van der Waals surface area contributed by atoms with Crippen LogP contribution in [0.3, 0.4) is 0 Å². The SMILES string of the molecule is CC(=O)OC(c1ccccc1)c1cccc(CBr)c1. The summed E-state index contributed by atoms with van der Waals surface area (Å²) in [5, 5.41) is 0.780. The van der Waals surface area contributed by atoms with Gasteiger partial charge in [-0.2, -0.15) is 0 Å². The van der Waals surface area contributed by atoms with Gasteiger partial charge in [-0.3, -0.25) is 4.79 Å². The first-order valence-corrected chi connectivity index (χ1v) is 7.20. The zero-order valence-electron chi connectivity index (χ0n) is 10.7. The fourth-order valence-electron chi connectivity index (χ4n) is 1.96. The minimum atomic E-state index is -0.349. The summed E-state index contributed by atoms with van der Waals surface area (Å²) < 4.78 is 5.47. The number of rotatable bonds is 4. The van der Waals surface area contributed by atoms with Crippen molar-refractivity contribution < 1.29 is 9.53 Å². The summed E-state index contributed by atoms with van der Waals surface area (Å²) in [6, 6.07) is 17.8. The van der Waals surface area contributed by atoms with Gasteiger partial charge in [0.05, 0.1) is 0 Å². The molecule has 0 radical (unpaired) electrons. The van der Waals surface area contributed by atoms with E-state index in [0.29, 0.717) is 0 Å². The van der Waals surface area contributed by atoms with E-state index in [1.54, 1.807) is 0 Å². The molecule has 1 atom stereocenters. The molecule has 0 saturated heterocycles. The molecule has 98 valence electrons. The molecule has 0 N–H and O–H groups in total. The summed E-state index contributed by atoms with van der Waals surface area (Å²) in [4.78, 5) is 11.3. The Bertz CT molecular complexity index is 552. The monoisotopic (exact) mass is 318 g/mol. The molecule has 0 amide bonds. The molecular weight excluding hydrogens is 304 g/mol. The van der Waals surface area contributed by atoms with Crippen LogP contribution in [0.2, 0.25) is 0 Å². The fourth-order valence-corrected chi connectivity index (χ4v) is 2.31. The fraction of sp³-hybridized carbons (Fsp3) is 0.188. The van der Waals surface area contributed by atoms with Crippen molar-refractivity contribution in [1.82, 2.24) is 0 Å². The van der Waals surface area contributed by atoms with Gasteiger partial charge in [0, 0.05) is 12.3 Å². The quantitative estimate of drug-likeness (QED) is 0.622. The predicted molar refractivity (Wildman–Crippen MR) is 79.1 cm³/mol. The molecular formula is C16H15BrO2. The second-order valence-electron chi connectivity index (χ2n) is 4.28. The van der Waals surface area contributed by atoms with Crippen LogP contribution < -0.4 is 0 Å². The summed E-state index contributed by atoms with van der Waals surface area (Å²) in [5.74, 6) is -0.280. The third kappa shape index (κ3) is 3.67. The number of ether oxygens (including phenoxy) is 1. The average Bonchev–Trinajstić information content (AvgIpc) is 2.45. The lowest BCUT2D eigenvalue weighted by molar-refractivity contribution is -0.144. The molecule has 0 aromatic heterocycles. The first-order chi connectivity index (χ1) is 9.20. The van der Waals surface area contributed by atoms with Crippen LogP contribution in [0.25, 0.3) is 0 Å². The highest BCUT2D eigenvalue weighted by Crippen LogP contribution is 2.27. The number of alkyl halides is 1. The Kier molecular flexibility index (Phi) is 4.74. The van der Waals surface area contributed by atoms with Crippen molar-refractivity contribution in [2.75, 3.05) is 0 Å². The second-order valence-corrected chi connectivity index (χ2v) is 4.84. The number of carbonyl (C=O) groups is 1. The molecule has 2 aromatic carbocycles. The number of esters is 1. The summed E-state index contributed by atoms with van der Waals surface area (Å²) >= 11 is 3.44. The van der Waals surface area contributed by atoms with Gasteiger partial charge < -0.3 is 4.74 Å². The zero-order valence-corrected chi connectivity index (χ0v) is 12.3. The molecule has 0 aliphatic rings. The topological polar surface area (TPSA) is 26.3 Å².